The standard InChI is InChI=1S/C57H110O6/c1-4-7-10-13-16-19-22-24-26-28-29-31-32-35-38-41-44-47-50-56(59)62-53-54(52-61-55(58)49-46-43-40-37-34-21-18-15-12-9-6-3)63-57(60)51-48-45-42-39-36-33-30-27-25-23-20-17-14-11-8-5-2/h54H,4-53H2,1-3H3. The van der Waals surface area contributed by atoms with E-state index >= 15 is 0 Å². The summed E-state index contributed by atoms with van der Waals surface area (Å²) in [6.07, 6.45) is 58.1. The van der Waals surface area contributed by atoms with Crippen molar-refractivity contribution in [3.05, 3.63) is 0 Å². The molecule has 0 aliphatic carbocycles. The van der Waals surface area contributed by atoms with Gasteiger partial charge >= 0.3 is 17.9 Å². The molecule has 374 valence electrons. The average molecular weight is 892 g/mol. The molecule has 6 nitrogen and oxygen atoms in total. The highest BCUT2D eigenvalue weighted by Crippen LogP contribution is 2.18. The van der Waals surface area contributed by atoms with Crippen LogP contribution in [0, 0.1) is 0 Å². The van der Waals surface area contributed by atoms with E-state index in [0.717, 1.165) is 57.8 Å². The van der Waals surface area contributed by atoms with Crippen LogP contribution in [0.15, 0.2) is 0 Å². The van der Waals surface area contributed by atoms with Crippen LogP contribution in [0.25, 0.3) is 0 Å². The largest absolute Gasteiger partial charge is 0.462 e. The number of carbonyl (C=O) groups is 3. The Morgan fingerprint density at radius 3 is 0.635 bits per heavy atom. The van der Waals surface area contributed by atoms with Crippen molar-refractivity contribution >= 4 is 17.9 Å². The molecule has 6 heteroatoms. The number of unbranched alkanes of at least 4 members (excludes halogenated alkanes) is 42. The van der Waals surface area contributed by atoms with Gasteiger partial charge in [0.2, 0.25) is 0 Å². The predicted octanol–water partition coefficient (Wildman–Crippen LogP) is 18.8. The second-order valence-corrected chi connectivity index (χ2v) is 19.6. The topological polar surface area (TPSA) is 78.9 Å². The van der Waals surface area contributed by atoms with Crippen LogP contribution in [0.5, 0.6) is 0 Å². The van der Waals surface area contributed by atoms with E-state index in [1.807, 2.05) is 0 Å². The molecular weight excluding hydrogens is 781 g/mol. The van der Waals surface area contributed by atoms with Crippen molar-refractivity contribution in [2.24, 2.45) is 0 Å². The summed E-state index contributed by atoms with van der Waals surface area (Å²) in [6.45, 7) is 6.70. The summed E-state index contributed by atoms with van der Waals surface area (Å²) in [4.78, 5) is 38.1. The summed E-state index contributed by atoms with van der Waals surface area (Å²) >= 11 is 0. The van der Waals surface area contributed by atoms with Gasteiger partial charge < -0.3 is 14.2 Å². The molecule has 1 unspecified atom stereocenters. The molecule has 0 aliphatic heterocycles. The van der Waals surface area contributed by atoms with Crippen molar-refractivity contribution in [1.29, 1.82) is 0 Å². The van der Waals surface area contributed by atoms with Gasteiger partial charge in [-0.2, -0.15) is 0 Å². The van der Waals surface area contributed by atoms with Gasteiger partial charge in [-0.1, -0.05) is 290 Å². The molecule has 0 saturated carbocycles. The molecule has 63 heavy (non-hydrogen) atoms. The molecule has 0 spiro atoms. The quantitative estimate of drug-likeness (QED) is 0.0344. The minimum absolute atomic E-state index is 0.0612. The molecule has 0 aromatic rings. The minimum Gasteiger partial charge on any atom is -0.462 e. The molecule has 0 aromatic carbocycles. The Balaban J connectivity index is 4.25. The van der Waals surface area contributed by atoms with Crippen LogP contribution in [0.3, 0.4) is 0 Å². The second-order valence-electron chi connectivity index (χ2n) is 19.6. The molecule has 0 rings (SSSR count). The molecule has 0 radical (unpaired) electrons. The fourth-order valence-electron chi connectivity index (χ4n) is 8.80. The molecule has 0 heterocycles. The maximum atomic E-state index is 12.8. The van der Waals surface area contributed by atoms with Gasteiger partial charge in [-0.25, -0.2) is 0 Å². The molecule has 0 fully saturated rings. The normalized spacial score (nSPS) is 11.9. The number of rotatable bonds is 53. The molecule has 0 bridgehead atoms. The number of ether oxygens (including phenoxy) is 3. The summed E-state index contributed by atoms with van der Waals surface area (Å²) in [5.41, 5.74) is 0. The number of carbonyl (C=O) groups excluding carboxylic acids is 3. The first-order valence-corrected chi connectivity index (χ1v) is 28.5. The molecule has 0 N–H and O–H groups in total. The SMILES string of the molecule is CCCCCCCCCCCCCCCCCCCCC(=O)OCC(COC(=O)CCCCCCCCCCCCC)OC(=O)CCCCCCCCCCCCCCCCCC. The van der Waals surface area contributed by atoms with E-state index in [4.69, 9.17) is 14.2 Å². The first-order chi connectivity index (χ1) is 31.0. The van der Waals surface area contributed by atoms with E-state index in [2.05, 4.69) is 20.8 Å². The van der Waals surface area contributed by atoms with Gasteiger partial charge in [0.15, 0.2) is 6.10 Å². The Bertz CT molecular complexity index is 936. The van der Waals surface area contributed by atoms with Crippen LogP contribution in [-0.4, -0.2) is 37.2 Å². The predicted molar refractivity (Wildman–Crippen MR) is 270 cm³/mol. The van der Waals surface area contributed by atoms with Crippen LogP contribution in [0.2, 0.25) is 0 Å². The van der Waals surface area contributed by atoms with Crippen molar-refractivity contribution in [3.63, 3.8) is 0 Å². The average Bonchev–Trinajstić information content (AvgIpc) is 3.28. The summed E-state index contributed by atoms with van der Waals surface area (Å²) in [5, 5.41) is 0. The lowest BCUT2D eigenvalue weighted by Crippen LogP contribution is -2.30. The Morgan fingerprint density at radius 1 is 0.254 bits per heavy atom. The zero-order chi connectivity index (χ0) is 45.8. The highest BCUT2D eigenvalue weighted by atomic mass is 16.6. The summed E-state index contributed by atoms with van der Waals surface area (Å²) in [7, 11) is 0. The van der Waals surface area contributed by atoms with Crippen LogP contribution in [0.1, 0.15) is 329 Å². The molecule has 0 aliphatic rings. The van der Waals surface area contributed by atoms with E-state index in [1.54, 1.807) is 0 Å². The highest BCUT2D eigenvalue weighted by Gasteiger charge is 2.19. The Labute approximate surface area is 393 Å². The Morgan fingerprint density at radius 2 is 0.429 bits per heavy atom. The fraction of sp³-hybridized carbons (Fsp3) is 0.947. The number of hydrogen-bond donors (Lipinski definition) is 0. The van der Waals surface area contributed by atoms with Crippen molar-refractivity contribution in [3.8, 4) is 0 Å². The van der Waals surface area contributed by atoms with Crippen molar-refractivity contribution in [2.75, 3.05) is 13.2 Å². The van der Waals surface area contributed by atoms with Crippen LogP contribution in [0.4, 0.5) is 0 Å². The maximum absolute atomic E-state index is 12.8. The summed E-state index contributed by atoms with van der Waals surface area (Å²) in [5.74, 6) is -0.834. The lowest BCUT2D eigenvalue weighted by Gasteiger charge is -2.18. The van der Waals surface area contributed by atoms with Gasteiger partial charge in [-0.3, -0.25) is 14.4 Å². The van der Waals surface area contributed by atoms with E-state index in [-0.39, 0.29) is 31.1 Å². The first-order valence-electron chi connectivity index (χ1n) is 28.5. The van der Waals surface area contributed by atoms with Gasteiger partial charge in [0.05, 0.1) is 0 Å². The first kappa shape index (κ1) is 61.4. The number of esters is 3. The van der Waals surface area contributed by atoms with Crippen LogP contribution in [-0.2, 0) is 28.6 Å². The molecule has 0 saturated heterocycles. The van der Waals surface area contributed by atoms with E-state index in [0.29, 0.717) is 19.3 Å². The van der Waals surface area contributed by atoms with Crippen molar-refractivity contribution in [1.82, 2.24) is 0 Å². The Hall–Kier alpha value is -1.59. The number of hydrogen-bond acceptors (Lipinski definition) is 6. The highest BCUT2D eigenvalue weighted by molar-refractivity contribution is 5.71. The van der Waals surface area contributed by atoms with E-state index in [9.17, 15) is 14.4 Å². The van der Waals surface area contributed by atoms with Crippen LogP contribution < -0.4 is 0 Å². The summed E-state index contributed by atoms with van der Waals surface area (Å²) in [6, 6.07) is 0. The zero-order valence-corrected chi connectivity index (χ0v) is 42.9. The Kier molecular flexibility index (Phi) is 51.7. The fourth-order valence-corrected chi connectivity index (χ4v) is 8.80. The second kappa shape index (κ2) is 53.0. The third-order valence-corrected chi connectivity index (χ3v) is 13.1. The van der Waals surface area contributed by atoms with Gasteiger partial charge in [0.25, 0.3) is 0 Å². The van der Waals surface area contributed by atoms with Crippen LogP contribution >= 0.6 is 0 Å². The molecule has 1 atom stereocenters. The smallest absolute Gasteiger partial charge is 0.306 e. The molecule has 0 amide bonds. The van der Waals surface area contributed by atoms with Crippen molar-refractivity contribution < 1.29 is 28.6 Å². The van der Waals surface area contributed by atoms with Crippen molar-refractivity contribution in [2.45, 2.75) is 335 Å². The third kappa shape index (κ3) is 51.3. The van der Waals surface area contributed by atoms with E-state index in [1.165, 1.54) is 231 Å². The lowest BCUT2D eigenvalue weighted by molar-refractivity contribution is -0.167. The molecule has 0 aromatic heterocycles. The van der Waals surface area contributed by atoms with Gasteiger partial charge in [0, 0.05) is 19.3 Å². The summed E-state index contributed by atoms with van der Waals surface area (Å²) < 4.78 is 16.9. The van der Waals surface area contributed by atoms with Gasteiger partial charge in [-0.15, -0.1) is 0 Å². The maximum Gasteiger partial charge on any atom is 0.306 e. The lowest BCUT2D eigenvalue weighted by atomic mass is 10.0. The zero-order valence-electron chi connectivity index (χ0n) is 42.9. The third-order valence-electron chi connectivity index (χ3n) is 13.1. The van der Waals surface area contributed by atoms with E-state index < -0.39 is 6.10 Å². The monoisotopic (exact) mass is 891 g/mol. The minimum atomic E-state index is -0.760. The molecular formula is C57H110O6. The van der Waals surface area contributed by atoms with Gasteiger partial charge in [0.1, 0.15) is 13.2 Å². The van der Waals surface area contributed by atoms with Gasteiger partial charge in [-0.05, 0) is 19.3 Å².